The first-order valence-corrected chi connectivity index (χ1v) is 4.87. The summed E-state index contributed by atoms with van der Waals surface area (Å²) in [6.45, 7) is 0. The smallest absolute Gasteiger partial charge is 0.354 e. The van der Waals surface area contributed by atoms with E-state index in [1.165, 1.54) is 17.7 Å². The van der Waals surface area contributed by atoms with Gasteiger partial charge in [-0.25, -0.2) is 9.78 Å². The van der Waals surface area contributed by atoms with Crippen molar-refractivity contribution >= 4 is 27.5 Å². The van der Waals surface area contributed by atoms with Crippen molar-refractivity contribution in [3.63, 3.8) is 0 Å². The highest BCUT2D eigenvalue weighted by Gasteiger charge is 2.15. The van der Waals surface area contributed by atoms with Crippen LogP contribution in [0.15, 0.2) is 22.8 Å². The molecule has 0 unspecified atom stereocenters. The largest absolute Gasteiger partial charge is 0.482 e. The highest BCUT2D eigenvalue weighted by Crippen LogP contribution is 2.24. The molecule has 2 aromatic heterocycles. The molecule has 0 radical (unpaired) electrons. The molecule has 0 fully saturated rings. The number of pyridine rings is 1. The lowest BCUT2D eigenvalue weighted by Crippen LogP contribution is -2.04. The van der Waals surface area contributed by atoms with Crippen molar-refractivity contribution in [2.45, 2.75) is 0 Å². The Kier molecular flexibility index (Phi) is 2.36. The molecule has 5 nitrogen and oxygen atoms in total. The fraction of sp³-hybridized carbons (Fsp3) is 0.111. The van der Waals surface area contributed by atoms with Gasteiger partial charge in [0.05, 0.1) is 17.8 Å². The van der Waals surface area contributed by atoms with Crippen LogP contribution in [0.1, 0.15) is 10.5 Å². The molecule has 0 amide bonds. The number of hydrogen-bond acceptors (Lipinski definition) is 3. The Morgan fingerprint density at radius 1 is 1.60 bits per heavy atom. The Morgan fingerprint density at radius 2 is 2.33 bits per heavy atom. The summed E-state index contributed by atoms with van der Waals surface area (Å²) >= 11 is 3.29. The van der Waals surface area contributed by atoms with Crippen molar-refractivity contribution < 1.29 is 14.6 Å². The van der Waals surface area contributed by atoms with Crippen LogP contribution in [-0.4, -0.2) is 27.6 Å². The van der Waals surface area contributed by atoms with E-state index in [9.17, 15) is 4.79 Å². The number of fused-ring (bicyclic) bond motifs is 1. The van der Waals surface area contributed by atoms with Crippen molar-refractivity contribution in [1.29, 1.82) is 0 Å². The van der Waals surface area contributed by atoms with Gasteiger partial charge in [0.1, 0.15) is 0 Å². The van der Waals surface area contributed by atoms with Gasteiger partial charge in [-0.2, -0.15) is 0 Å². The molecule has 0 bridgehead atoms. The van der Waals surface area contributed by atoms with Crippen molar-refractivity contribution in [3.8, 4) is 5.88 Å². The van der Waals surface area contributed by atoms with E-state index in [0.717, 1.165) is 4.47 Å². The van der Waals surface area contributed by atoms with E-state index in [4.69, 9.17) is 9.84 Å². The first kappa shape index (κ1) is 9.97. The van der Waals surface area contributed by atoms with Gasteiger partial charge in [0, 0.05) is 6.07 Å². The first-order valence-electron chi connectivity index (χ1n) is 4.08. The SMILES string of the molecule is COc1ccc(Br)c2ncc(C(=O)O)n12. The monoisotopic (exact) mass is 270 g/mol. The average Bonchev–Trinajstić information content (AvgIpc) is 2.64. The Hall–Kier alpha value is -1.56. The Labute approximate surface area is 93.4 Å². The molecule has 2 heterocycles. The number of carboxylic acid groups (broad SMARTS) is 1. The van der Waals surface area contributed by atoms with Gasteiger partial charge in [0.15, 0.2) is 17.2 Å². The van der Waals surface area contributed by atoms with E-state index in [1.54, 1.807) is 12.1 Å². The highest BCUT2D eigenvalue weighted by molar-refractivity contribution is 9.10. The second-order valence-corrected chi connectivity index (χ2v) is 3.69. The van der Waals surface area contributed by atoms with E-state index in [1.807, 2.05) is 0 Å². The van der Waals surface area contributed by atoms with Gasteiger partial charge in [-0.05, 0) is 22.0 Å². The van der Waals surface area contributed by atoms with Gasteiger partial charge < -0.3 is 9.84 Å². The number of aromatic nitrogens is 2. The number of ether oxygens (including phenoxy) is 1. The lowest BCUT2D eigenvalue weighted by molar-refractivity contribution is 0.0688. The molecule has 78 valence electrons. The van der Waals surface area contributed by atoms with E-state index >= 15 is 0 Å². The van der Waals surface area contributed by atoms with Gasteiger partial charge in [-0.1, -0.05) is 0 Å². The third-order valence-electron chi connectivity index (χ3n) is 2.00. The van der Waals surface area contributed by atoms with Crippen LogP contribution in [-0.2, 0) is 0 Å². The molecule has 0 aliphatic heterocycles. The van der Waals surface area contributed by atoms with Gasteiger partial charge in [0.2, 0.25) is 0 Å². The maximum Gasteiger partial charge on any atom is 0.354 e. The topological polar surface area (TPSA) is 63.8 Å². The van der Waals surface area contributed by atoms with Crippen LogP contribution < -0.4 is 4.74 Å². The van der Waals surface area contributed by atoms with Gasteiger partial charge >= 0.3 is 5.97 Å². The predicted molar refractivity (Wildman–Crippen MR) is 56.4 cm³/mol. The molecule has 6 heteroatoms. The fourth-order valence-corrected chi connectivity index (χ4v) is 1.76. The summed E-state index contributed by atoms with van der Waals surface area (Å²) in [7, 11) is 1.48. The number of carbonyl (C=O) groups is 1. The zero-order valence-electron chi connectivity index (χ0n) is 7.77. The number of imidazole rings is 1. The number of hydrogen-bond donors (Lipinski definition) is 1. The van der Waals surface area contributed by atoms with Crippen molar-refractivity contribution in [2.24, 2.45) is 0 Å². The maximum absolute atomic E-state index is 10.9. The van der Waals surface area contributed by atoms with Crippen molar-refractivity contribution in [1.82, 2.24) is 9.38 Å². The highest BCUT2D eigenvalue weighted by atomic mass is 79.9. The van der Waals surface area contributed by atoms with Gasteiger partial charge in [-0.3, -0.25) is 4.40 Å². The van der Waals surface area contributed by atoms with E-state index in [0.29, 0.717) is 11.5 Å². The van der Waals surface area contributed by atoms with Crippen molar-refractivity contribution in [3.05, 3.63) is 28.5 Å². The quantitative estimate of drug-likeness (QED) is 0.904. The van der Waals surface area contributed by atoms with Crippen LogP contribution in [0.5, 0.6) is 5.88 Å². The summed E-state index contributed by atoms with van der Waals surface area (Å²) in [6, 6.07) is 3.43. The summed E-state index contributed by atoms with van der Waals surface area (Å²) in [6.07, 6.45) is 1.30. The van der Waals surface area contributed by atoms with Crippen molar-refractivity contribution in [2.75, 3.05) is 7.11 Å². The normalized spacial score (nSPS) is 10.5. The lowest BCUT2D eigenvalue weighted by atomic mass is 10.4. The number of methoxy groups -OCH3 is 1. The minimum atomic E-state index is -1.04. The zero-order chi connectivity index (χ0) is 11.0. The van der Waals surface area contributed by atoms with Gasteiger partial charge in [0.25, 0.3) is 0 Å². The van der Waals surface area contributed by atoms with E-state index in [-0.39, 0.29) is 5.69 Å². The number of rotatable bonds is 2. The summed E-state index contributed by atoms with van der Waals surface area (Å²) in [4.78, 5) is 14.9. The summed E-state index contributed by atoms with van der Waals surface area (Å²) in [5.74, 6) is -0.609. The minimum absolute atomic E-state index is 0.0724. The molecule has 2 aromatic rings. The number of carboxylic acids is 1. The third-order valence-corrected chi connectivity index (χ3v) is 2.62. The second kappa shape index (κ2) is 3.54. The minimum Gasteiger partial charge on any atom is -0.482 e. The van der Waals surface area contributed by atoms with Crippen LogP contribution >= 0.6 is 15.9 Å². The second-order valence-electron chi connectivity index (χ2n) is 2.83. The van der Waals surface area contributed by atoms with Crippen LogP contribution in [0, 0.1) is 0 Å². The van der Waals surface area contributed by atoms with E-state index < -0.39 is 5.97 Å². The molecule has 2 rings (SSSR count). The number of halogens is 1. The molecule has 0 saturated carbocycles. The van der Waals surface area contributed by atoms with Crippen LogP contribution in [0.4, 0.5) is 0 Å². The molecule has 0 spiro atoms. The van der Waals surface area contributed by atoms with Crippen LogP contribution in [0.2, 0.25) is 0 Å². The number of nitrogens with zero attached hydrogens (tertiary/aromatic N) is 2. The first-order chi connectivity index (χ1) is 7.15. The molecule has 0 aromatic carbocycles. The summed E-state index contributed by atoms with van der Waals surface area (Å²) in [5.41, 5.74) is 0.593. The maximum atomic E-state index is 10.9. The summed E-state index contributed by atoms with van der Waals surface area (Å²) < 4.78 is 7.23. The lowest BCUT2D eigenvalue weighted by Gasteiger charge is -2.05. The molecular formula is C9H7BrN2O3. The molecule has 0 atom stereocenters. The Balaban J connectivity index is 2.86. The third kappa shape index (κ3) is 1.46. The molecule has 1 N–H and O–H groups in total. The standard InChI is InChI=1S/C9H7BrN2O3/c1-15-7-3-2-5(10)8-11-4-6(9(13)14)12(7)8/h2-4H,1H3,(H,13,14). The molecular weight excluding hydrogens is 264 g/mol. The number of aromatic carboxylic acids is 1. The molecule has 0 saturated heterocycles. The van der Waals surface area contributed by atoms with Gasteiger partial charge in [-0.15, -0.1) is 0 Å². The van der Waals surface area contributed by atoms with Crippen LogP contribution in [0.25, 0.3) is 5.65 Å². The average molecular weight is 271 g/mol. The summed E-state index contributed by atoms with van der Waals surface area (Å²) in [5, 5.41) is 8.95. The van der Waals surface area contributed by atoms with E-state index in [2.05, 4.69) is 20.9 Å². The molecule has 0 aliphatic carbocycles. The van der Waals surface area contributed by atoms with Crippen LogP contribution in [0.3, 0.4) is 0 Å². The zero-order valence-corrected chi connectivity index (χ0v) is 9.35. The Bertz CT molecular complexity index is 535. The molecule has 0 aliphatic rings. The molecule has 15 heavy (non-hydrogen) atoms. The fourth-order valence-electron chi connectivity index (χ4n) is 1.35. The Morgan fingerprint density at radius 3 is 2.93 bits per heavy atom. The predicted octanol–water partition coefficient (Wildman–Crippen LogP) is 1.80.